The fraction of sp³-hybridized carbons (Fsp3) is 0.200. The van der Waals surface area contributed by atoms with Gasteiger partial charge in [-0.1, -0.05) is 31.2 Å². The van der Waals surface area contributed by atoms with Crippen LogP contribution < -0.4 is 5.32 Å². The topological polar surface area (TPSA) is 81.1 Å². The van der Waals surface area contributed by atoms with Gasteiger partial charge in [0.25, 0.3) is 5.91 Å². The fourth-order valence-electron chi connectivity index (χ4n) is 2.78. The van der Waals surface area contributed by atoms with E-state index in [1.54, 1.807) is 37.4 Å². The summed E-state index contributed by atoms with van der Waals surface area (Å²) in [7, 11) is -3.48. The number of hydrogen-bond acceptors (Lipinski definition) is 4. The van der Waals surface area contributed by atoms with Gasteiger partial charge in [0.1, 0.15) is 0 Å². The number of nitrogens with one attached hydrogen (secondary N) is 1. The molecule has 0 unspecified atom stereocenters. The summed E-state index contributed by atoms with van der Waals surface area (Å²) < 4.78 is 26.6. The maximum Gasteiger partial charge on any atom is 0.256 e. The van der Waals surface area contributed by atoms with Crippen LogP contribution >= 0.6 is 0 Å². The lowest BCUT2D eigenvalue weighted by Gasteiger charge is -2.11. The minimum absolute atomic E-state index is 0.0133. The molecule has 0 atom stereocenters. The summed E-state index contributed by atoms with van der Waals surface area (Å²) in [5.41, 5.74) is 1.81. The van der Waals surface area contributed by atoms with Gasteiger partial charge in [-0.05, 0) is 42.3 Å². The Bertz CT molecular complexity index is 1010. The summed E-state index contributed by atoms with van der Waals surface area (Å²) >= 11 is 0. The first-order chi connectivity index (χ1) is 13.0. The van der Waals surface area contributed by atoms with Crippen LogP contribution in [-0.4, -0.2) is 29.9 Å². The highest BCUT2D eigenvalue weighted by molar-refractivity contribution is 7.91. The molecule has 0 aliphatic carbocycles. The van der Waals surface area contributed by atoms with Crippen molar-refractivity contribution < 1.29 is 13.2 Å². The highest BCUT2D eigenvalue weighted by atomic mass is 32.2. The number of carbonyl (C=O) groups is 1. The van der Waals surface area contributed by atoms with Crippen molar-refractivity contribution in [3.05, 3.63) is 78.1 Å². The second kappa shape index (κ2) is 8.18. The molecule has 3 rings (SSSR count). The molecule has 1 heterocycles. The van der Waals surface area contributed by atoms with Crippen molar-refractivity contribution in [3.8, 4) is 0 Å². The first-order valence-corrected chi connectivity index (χ1v) is 10.3. The van der Waals surface area contributed by atoms with Gasteiger partial charge in [0.05, 0.1) is 22.8 Å². The third-order valence-electron chi connectivity index (χ3n) is 4.06. The minimum atomic E-state index is -3.48. The Balaban J connectivity index is 1.76. The smallest absolute Gasteiger partial charge is 0.256 e. The molecule has 0 saturated carbocycles. The van der Waals surface area contributed by atoms with E-state index in [0.717, 1.165) is 5.56 Å². The second-order valence-electron chi connectivity index (χ2n) is 6.17. The molecule has 0 radical (unpaired) electrons. The Morgan fingerprint density at radius 1 is 1.07 bits per heavy atom. The van der Waals surface area contributed by atoms with Crippen LogP contribution in [0.15, 0.2) is 71.9 Å². The number of amides is 1. The summed E-state index contributed by atoms with van der Waals surface area (Å²) in [6.07, 6.45) is 4.10. The number of sulfone groups is 1. The van der Waals surface area contributed by atoms with Crippen molar-refractivity contribution in [1.29, 1.82) is 0 Å². The molecule has 0 saturated heterocycles. The van der Waals surface area contributed by atoms with Gasteiger partial charge in [0.2, 0.25) is 0 Å². The lowest BCUT2D eigenvalue weighted by Crippen LogP contribution is -2.17. The van der Waals surface area contributed by atoms with E-state index >= 15 is 0 Å². The fourth-order valence-corrected chi connectivity index (χ4v) is 4.32. The molecule has 7 heteroatoms. The molecule has 3 aromatic rings. The van der Waals surface area contributed by atoms with Gasteiger partial charge in [0.15, 0.2) is 9.84 Å². The van der Waals surface area contributed by atoms with Gasteiger partial charge in [-0.25, -0.2) is 8.42 Å². The lowest BCUT2D eigenvalue weighted by molar-refractivity contribution is 0.102. The number of benzene rings is 2. The van der Waals surface area contributed by atoms with Crippen molar-refractivity contribution >= 4 is 21.4 Å². The van der Waals surface area contributed by atoms with Crippen molar-refractivity contribution in [1.82, 2.24) is 9.78 Å². The molecular weight excluding hydrogens is 362 g/mol. The van der Waals surface area contributed by atoms with Crippen LogP contribution in [0.4, 0.5) is 5.69 Å². The number of hydrogen-bond donors (Lipinski definition) is 1. The van der Waals surface area contributed by atoms with Crippen LogP contribution in [0.1, 0.15) is 29.3 Å². The Labute approximate surface area is 158 Å². The Morgan fingerprint density at radius 3 is 2.48 bits per heavy atom. The van der Waals surface area contributed by atoms with Crippen molar-refractivity contribution in [2.75, 3.05) is 11.1 Å². The van der Waals surface area contributed by atoms with Crippen LogP contribution in [0, 0.1) is 0 Å². The van der Waals surface area contributed by atoms with Crippen molar-refractivity contribution in [2.24, 2.45) is 0 Å². The SMILES string of the molecule is CCCS(=O)(=O)c1ccccc1C(=O)Nc1ccc(Cn2cccn2)cc1. The summed E-state index contributed by atoms with van der Waals surface area (Å²) in [4.78, 5) is 12.7. The molecule has 27 heavy (non-hydrogen) atoms. The second-order valence-corrected chi connectivity index (χ2v) is 8.25. The zero-order valence-corrected chi connectivity index (χ0v) is 15.8. The molecule has 2 aromatic carbocycles. The molecule has 0 spiro atoms. The zero-order valence-electron chi connectivity index (χ0n) is 15.0. The predicted octanol–water partition coefficient (Wildman–Crippen LogP) is 3.37. The number of nitrogens with zero attached hydrogens (tertiary/aromatic N) is 2. The summed E-state index contributed by atoms with van der Waals surface area (Å²) in [6.45, 7) is 2.43. The van der Waals surface area contributed by atoms with Gasteiger partial charge in [0, 0.05) is 18.1 Å². The number of anilines is 1. The van der Waals surface area contributed by atoms with E-state index in [0.29, 0.717) is 18.7 Å². The molecule has 0 aliphatic rings. The van der Waals surface area contributed by atoms with E-state index in [1.165, 1.54) is 12.1 Å². The largest absolute Gasteiger partial charge is 0.322 e. The molecule has 0 bridgehead atoms. The van der Waals surface area contributed by atoms with Gasteiger partial charge in [-0.2, -0.15) is 5.10 Å². The zero-order chi connectivity index (χ0) is 19.3. The average Bonchev–Trinajstić information content (AvgIpc) is 3.16. The summed E-state index contributed by atoms with van der Waals surface area (Å²) in [5, 5.41) is 6.93. The Morgan fingerprint density at radius 2 is 1.81 bits per heavy atom. The lowest BCUT2D eigenvalue weighted by atomic mass is 10.2. The van der Waals surface area contributed by atoms with E-state index in [1.807, 2.05) is 29.1 Å². The van der Waals surface area contributed by atoms with E-state index in [-0.39, 0.29) is 16.2 Å². The maximum absolute atomic E-state index is 12.6. The predicted molar refractivity (Wildman–Crippen MR) is 105 cm³/mol. The molecule has 0 aliphatic heterocycles. The molecule has 1 amide bonds. The van der Waals surface area contributed by atoms with Crippen molar-refractivity contribution in [3.63, 3.8) is 0 Å². The number of carbonyl (C=O) groups excluding carboxylic acids is 1. The third kappa shape index (κ3) is 4.62. The van der Waals surface area contributed by atoms with Crippen LogP contribution in [0.2, 0.25) is 0 Å². The minimum Gasteiger partial charge on any atom is -0.322 e. The van der Waals surface area contributed by atoms with Crippen LogP contribution in [-0.2, 0) is 16.4 Å². The molecule has 0 fully saturated rings. The quantitative estimate of drug-likeness (QED) is 0.678. The molecule has 6 nitrogen and oxygen atoms in total. The van der Waals surface area contributed by atoms with Gasteiger partial charge < -0.3 is 5.32 Å². The Hall–Kier alpha value is -2.93. The maximum atomic E-state index is 12.6. The van der Waals surface area contributed by atoms with E-state index in [2.05, 4.69) is 10.4 Å². The van der Waals surface area contributed by atoms with Gasteiger partial charge in [-0.15, -0.1) is 0 Å². The van der Waals surface area contributed by atoms with E-state index < -0.39 is 15.7 Å². The van der Waals surface area contributed by atoms with Gasteiger partial charge in [-0.3, -0.25) is 9.48 Å². The first kappa shape index (κ1) is 18.8. The average molecular weight is 383 g/mol. The molecule has 1 aromatic heterocycles. The highest BCUT2D eigenvalue weighted by Crippen LogP contribution is 2.20. The first-order valence-electron chi connectivity index (χ1n) is 8.69. The Kier molecular flexibility index (Phi) is 5.71. The normalized spacial score (nSPS) is 11.3. The van der Waals surface area contributed by atoms with Gasteiger partial charge >= 0.3 is 0 Å². The molecular formula is C20H21N3O3S. The summed E-state index contributed by atoms with van der Waals surface area (Å²) in [6, 6.07) is 15.5. The third-order valence-corrected chi connectivity index (χ3v) is 6.03. The summed E-state index contributed by atoms with van der Waals surface area (Å²) in [5.74, 6) is -0.426. The number of aromatic nitrogens is 2. The highest BCUT2D eigenvalue weighted by Gasteiger charge is 2.21. The van der Waals surface area contributed by atoms with E-state index in [9.17, 15) is 13.2 Å². The molecule has 1 N–H and O–H groups in total. The van der Waals surface area contributed by atoms with E-state index in [4.69, 9.17) is 0 Å². The van der Waals surface area contributed by atoms with Crippen LogP contribution in [0.5, 0.6) is 0 Å². The molecule has 140 valence electrons. The monoisotopic (exact) mass is 383 g/mol. The standard InChI is InChI=1S/C20H21N3O3S/c1-2-14-27(25,26)19-7-4-3-6-18(19)20(24)22-17-10-8-16(9-11-17)15-23-13-5-12-21-23/h3-13H,2,14-15H2,1H3,(H,22,24). The number of rotatable bonds is 7. The van der Waals surface area contributed by atoms with Crippen LogP contribution in [0.3, 0.4) is 0 Å². The van der Waals surface area contributed by atoms with Crippen LogP contribution in [0.25, 0.3) is 0 Å². The van der Waals surface area contributed by atoms with Crippen molar-refractivity contribution in [2.45, 2.75) is 24.8 Å².